The maximum atomic E-state index is 10.4. The Morgan fingerprint density at radius 2 is 1.89 bits per heavy atom. The molecule has 0 amide bonds. The van der Waals surface area contributed by atoms with Gasteiger partial charge in [0, 0.05) is 6.54 Å². The highest BCUT2D eigenvalue weighted by atomic mass is 16.5. The number of H-pyrrole nitrogens is 1. The van der Waals surface area contributed by atoms with Gasteiger partial charge in [-0.05, 0) is 56.1 Å². The summed E-state index contributed by atoms with van der Waals surface area (Å²) in [5.74, 6) is 2.26. The SMILES string of the molecule is OC(COc1cccc2[nH]ncc12)CN1CCC(COc2ccccc2)CC1. The number of aliphatic hydroxyl groups excluding tert-OH is 1. The average Bonchev–Trinajstić information content (AvgIpc) is 3.22. The fourth-order valence-electron chi connectivity index (χ4n) is 3.67. The van der Waals surface area contributed by atoms with Crippen LogP contribution in [-0.2, 0) is 0 Å². The number of β-amino-alcohol motifs (C(OH)–C–C–N with tert-alkyl or cyclic N) is 1. The Morgan fingerprint density at radius 3 is 2.71 bits per heavy atom. The van der Waals surface area contributed by atoms with Gasteiger partial charge in [-0.2, -0.15) is 5.10 Å². The minimum absolute atomic E-state index is 0.279. The topological polar surface area (TPSA) is 70.6 Å². The van der Waals surface area contributed by atoms with Crippen molar-refractivity contribution in [3.05, 3.63) is 54.7 Å². The van der Waals surface area contributed by atoms with Crippen molar-refractivity contribution < 1.29 is 14.6 Å². The Hall–Kier alpha value is -2.57. The van der Waals surface area contributed by atoms with Gasteiger partial charge in [-0.1, -0.05) is 24.3 Å². The lowest BCUT2D eigenvalue weighted by atomic mass is 9.97. The summed E-state index contributed by atoms with van der Waals surface area (Å²) in [4.78, 5) is 2.31. The summed E-state index contributed by atoms with van der Waals surface area (Å²) in [6.45, 7) is 3.64. The van der Waals surface area contributed by atoms with E-state index in [1.807, 2.05) is 48.5 Å². The third-order valence-electron chi connectivity index (χ3n) is 5.28. The van der Waals surface area contributed by atoms with Gasteiger partial charge in [-0.3, -0.25) is 5.10 Å². The first kappa shape index (κ1) is 18.8. The summed E-state index contributed by atoms with van der Waals surface area (Å²) in [6.07, 6.45) is 3.42. The standard InChI is InChI=1S/C22H27N3O3/c26-18(16-28-22-8-4-7-21-20(22)13-23-24-21)14-25-11-9-17(10-12-25)15-27-19-5-2-1-3-6-19/h1-8,13,17-18,26H,9-12,14-16H2,(H,23,24). The lowest BCUT2D eigenvalue weighted by Crippen LogP contribution is -2.41. The van der Waals surface area contributed by atoms with Crippen molar-refractivity contribution in [1.82, 2.24) is 15.1 Å². The van der Waals surface area contributed by atoms with E-state index in [1.165, 1.54) is 0 Å². The molecule has 0 spiro atoms. The van der Waals surface area contributed by atoms with Gasteiger partial charge >= 0.3 is 0 Å². The van der Waals surface area contributed by atoms with Crippen molar-refractivity contribution in [3.63, 3.8) is 0 Å². The number of aromatic nitrogens is 2. The van der Waals surface area contributed by atoms with E-state index in [2.05, 4.69) is 15.1 Å². The molecule has 28 heavy (non-hydrogen) atoms. The fraction of sp³-hybridized carbons (Fsp3) is 0.409. The molecule has 0 bridgehead atoms. The van der Waals surface area contributed by atoms with Crippen molar-refractivity contribution in [1.29, 1.82) is 0 Å². The fourth-order valence-corrected chi connectivity index (χ4v) is 3.67. The normalized spacial score (nSPS) is 16.9. The van der Waals surface area contributed by atoms with Crippen molar-refractivity contribution in [3.8, 4) is 11.5 Å². The number of hydrogen-bond donors (Lipinski definition) is 2. The van der Waals surface area contributed by atoms with E-state index in [0.29, 0.717) is 12.5 Å². The van der Waals surface area contributed by atoms with Gasteiger partial charge in [0.05, 0.1) is 23.7 Å². The largest absolute Gasteiger partial charge is 0.493 e. The van der Waals surface area contributed by atoms with Crippen LogP contribution < -0.4 is 9.47 Å². The summed E-state index contributed by atoms with van der Waals surface area (Å²) < 4.78 is 11.7. The summed E-state index contributed by atoms with van der Waals surface area (Å²) in [6, 6.07) is 15.8. The number of benzene rings is 2. The Balaban J connectivity index is 1.18. The van der Waals surface area contributed by atoms with Crippen molar-refractivity contribution in [2.75, 3.05) is 32.8 Å². The second-order valence-electron chi connectivity index (χ2n) is 7.42. The maximum Gasteiger partial charge on any atom is 0.130 e. The van der Waals surface area contributed by atoms with Gasteiger partial charge in [0.15, 0.2) is 0 Å². The van der Waals surface area contributed by atoms with Gasteiger partial charge < -0.3 is 19.5 Å². The lowest BCUT2D eigenvalue weighted by molar-refractivity contribution is 0.0507. The van der Waals surface area contributed by atoms with E-state index in [-0.39, 0.29) is 6.61 Å². The quantitative estimate of drug-likeness (QED) is 0.627. The number of aromatic amines is 1. The van der Waals surface area contributed by atoms with Crippen LogP contribution in [0.4, 0.5) is 0 Å². The van der Waals surface area contributed by atoms with E-state index < -0.39 is 6.10 Å². The molecule has 6 heteroatoms. The molecule has 1 aromatic heterocycles. The van der Waals surface area contributed by atoms with Crippen LogP contribution in [0.1, 0.15) is 12.8 Å². The van der Waals surface area contributed by atoms with Gasteiger partial charge in [-0.25, -0.2) is 0 Å². The van der Waals surface area contributed by atoms with Crippen molar-refractivity contribution >= 4 is 10.9 Å². The number of nitrogens with one attached hydrogen (secondary N) is 1. The Bertz CT molecular complexity index is 860. The molecule has 0 radical (unpaired) electrons. The van der Waals surface area contributed by atoms with Crippen LogP contribution in [-0.4, -0.2) is 59.2 Å². The average molecular weight is 381 g/mol. The first-order valence-corrected chi connectivity index (χ1v) is 9.91. The number of likely N-dealkylation sites (tertiary alicyclic amines) is 1. The molecular formula is C22H27N3O3. The molecule has 2 aromatic carbocycles. The van der Waals surface area contributed by atoms with Crippen molar-refractivity contribution in [2.45, 2.75) is 18.9 Å². The maximum absolute atomic E-state index is 10.4. The van der Waals surface area contributed by atoms with Gasteiger partial charge in [0.2, 0.25) is 0 Å². The third-order valence-corrected chi connectivity index (χ3v) is 5.28. The zero-order valence-electron chi connectivity index (χ0n) is 16.0. The Labute approximate surface area is 165 Å². The Morgan fingerprint density at radius 1 is 1.07 bits per heavy atom. The number of nitrogens with zero attached hydrogens (tertiary/aromatic N) is 2. The van der Waals surface area contributed by atoms with Crippen LogP contribution in [0.2, 0.25) is 0 Å². The first-order chi connectivity index (χ1) is 13.8. The summed E-state index contributed by atoms with van der Waals surface area (Å²) >= 11 is 0. The lowest BCUT2D eigenvalue weighted by Gasteiger charge is -2.33. The van der Waals surface area contributed by atoms with E-state index in [4.69, 9.17) is 9.47 Å². The molecular weight excluding hydrogens is 354 g/mol. The number of piperidine rings is 1. The van der Waals surface area contributed by atoms with Crippen LogP contribution in [0.5, 0.6) is 11.5 Å². The van der Waals surface area contributed by atoms with Crippen molar-refractivity contribution in [2.24, 2.45) is 5.92 Å². The first-order valence-electron chi connectivity index (χ1n) is 9.91. The van der Waals surface area contributed by atoms with Gasteiger partial charge in [0.1, 0.15) is 24.2 Å². The van der Waals surface area contributed by atoms with E-state index >= 15 is 0 Å². The molecule has 0 aliphatic carbocycles. The molecule has 3 aromatic rings. The number of para-hydroxylation sites is 1. The number of ether oxygens (including phenoxy) is 2. The molecule has 6 nitrogen and oxygen atoms in total. The molecule has 2 N–H and O–H groups in total. The molecule has 1 fully saturated rings. The number of rotatable bonds is 8. The zero-order valence-corrected chi connectivity index (χ0v) is 16.0. The van der Waals surface area contributed by atoms with Crippen LogP contribution in [0.25, 0.3) is 10.9 Å². The summed E-state index contributed by atoms with van der Waals surface area (Å²) in [7, 11) is 0. The minimum Gasteiger partial charge on any atom is -0.493 e. The second-order valence-corrected chi connectivity index (χ2v) is 7.42. The molecule has 4 rings (SSSR count). The smallest absolute Gasteiger partial charge is 0.130 e. The highest BCUT2D eigenvalue weighted by Crippen LogP contribution is 2.24. The van der Waals surface area contributed by atoms with E-state index in [9.17, 15) is 5.11 Å². The van der Waals surface area contributed by atoms with Crippen LogP contribution in [0, 0.1) is 5.92 Å². The van der Waals surface area contributed by atoms with Gasteiger partial charge in [-0.15, -0.1) is 0 Å². The van der Waals surface area contributed by atoms with E-state index in [1.54, 1.807) is 6.20 Å². The minimum atomic E-state index is -0.515. The molecule has 2 heterocycles. The molecule has 1 aliphatic rings. The number of aliphatic hydroxyl groups is 1. The molecule has 148 valence electrons. The molecule has 0 saturated carbocycles. The summed E-state index contributed by atoms with van der Waals surface area (Å²) in [5, 5.41) is 18.3. The van der Waals surface area contributed by atoms with Crippen LogP contribution in [0.3, 0.4) is 0 Å². The van der Waals surface area contributed by atoms with Gasteiger partial charge in [0.25, 0.3) is 0 Å². The predicted octanol–water partition coefficient (Wildman–Crippen LogP) is 3.09. The highest BCUT2D eigenvalue weighted by Gasteiger charge is 2.22. The Kier molecular flexibility index (Phi) is 6.09. The van der Waals surface area contributed by atoms with Crippen LogP contribution in [0.15, 0.2) is 54.7 Å². The summed E-state index contributed by atoms with van der Waals surface area (Å²) in [5.41, 5.74) is 0.937. The molecule has 1 saturated heterocycles. The molecule has 1 aliphatic heterocycles. The second kappa shape index (κ2) is 9.08. The molecule has 1 atom stereocenters. The third kappa shape index (κ3) is 4.82. The number of hydrogen-bond acceptors (Lipinski definition) is 5. The zero-order chi connectivity index (χ0) is 19.2. The highest BCUT2D eigenvalue weighted by molar-refractivity contribution is 5.84. The van der Waals surface area contributed by atoms with Crippen LogP contribution >= 0.6 is 0 Å². The predicted molar refractivity (Wildman–Crippen MR) is 109 cm³/mol. The number of fused-ring (bicyclic) bond motifs is 1. The monoisotopic (exact) mass is 381 g/mol. The molecule has 1 unspecified atom stereocenters. The van der Waals surface area contributed by atoms with E-state index in [0.717, 1.165) is 54.9 Å².